The predicted octanol–water partition coefficient (Wildman–Crippen LogP) is 3.38. The minimum atomic E-state index is 0.0551. The number of fused-ring (bicyclic) bond motifs is 1. The fraction of sp³-hybridized carbons (Fsp3) is 0.417. The van der Waals surface area contributed by atoms with Crippen molar-refractivity contribution in [3.05, 3.63) is 60.7 Å². The molecule has 0 N–H and O–H groups in total. The summed E-state index contributed by atoms with van der Waals surface area (Å²) in [5, 5.41) is 2.29. The number of rotatable bonds is 7. The summed E-state index contributed by atoms with van der Waals surface area (Å²) in [4.78, 5) is 21.4. The van der Waals surface area contributed by atoms with E-state index in [4.69, 9.17) is 4.74 Å². The van der Waals surface area contributed by atoms with Gasteiger partial charge in [-0.1, -0.05) is 44.2 Å². The van der Waals surface area contributed by atoms with Gasteiger partial charge in [-0.3, -0.25) is 9.69 Å². The number of nitrogens with zero attached hydrogens (tertiary/aromatic N) is 4. The lowest BCUT2D eigenvalue weighted by molar-refractivity contribution is -0.135. The van der Waals surface area contributed by atoms with Crippen molar-refractivity contribution in [1.29, 1.82) is 0 Å². The first kappa shape index (κ1) is 20.4. The summed E-state index contributed by atoms with van der Waals surface area (Å²) in [6.45, 7) is 9.64. The highest BCUT2D eigenvalue weighted by molar-refractivity contribution is 5.84. The second-order valence-corrected chi connectivity index (χ2v) is 8.15. The van der Waals surface area contributed by atoms with Crippen LogP contribution in [0, 0.1) is 0 Å². The number of amides is 1. The third kappa shape index (κ3) is 4.82. The van der Waals surface area contributed by atoms with E-state index in [0.717, 1.165) is 56.2 Å². The Balaban J connectivity index is 1.22. The highest BCUT2D eigenvalue weighted by Gasteiger charge is 2.21. The maximum atomic E-state index is 12.6. The minimum Gasteiger partial charge on any atom is -0.484 e. The molecule has 6 nitrogen and oxygen atoms in total. The standard InChI is InChI=1S/C24H30N4O2/c1-19(2)24-25-9-10-28(24)16-13-26-11-14-27(15-12-26)23(29)18-30-22-8-7-20-5-3-4-6-21(20)17-22/h3-10,17,19H,11-16,18H2,1-2H3. The lowest BCUT2D eigenvalue weighted by atomic mass is 10.1. The molecule has 6 heteroatoms. The molecule has 158 valence electrons. The number of hydrogen-bond donors (Lipinski definition) is 0. The predicted molar refractivity (Wildman–Crippen MR) is 119 cm³/mol. The van der Waals surface area contributed by atoms with E-state index in [1.54, 1.807) is 0 Å². The van der Waals surface area contributed by atoms with E-state index in [2.05, 4.69) is 46.6 Å². The van der Waals surface area contributed by atoms with Gasteiger partial charge in [0.05, 0.1) is 0 Å². The van der Waals surface area contributed by atoms with Gasteiger partial charge >= 0.3 is 0 Å². The Hall–Kier alpha value is -2.86. The monoisotopic (exact) mass is 406 g/mol. The van der Waals surface area contributed by atoms with Gasteiger partial charge in [-0.2, -0.15) is 0 Å². The topological polar surface area (TPSA) is 50.6 Å². The molecule has 0 spiro atoms. The van der Waals surface area contributed by atoms with Crippen molar-refractivity contribution in [2.75, 3.05) is 39.3 Å². The van der Waals surface area contributed by atoms with Crippen LogP contribution in [0.5, 0.6) is 5.75 Å². The maximum Gasteiger partial charge on any atom is 0.260 e. The van der Waals surface area contributed by atoms with Gasteiger partial charge in [0.1, 0.15) is 11.6 Å². The van der Waals surface area contributed by atoms with Crippen LogP contribution in [0.3, 0.4) is 0 Å². The second kappa shape index (κ2) is 9.30. The molecule has 1 aliphatic rings. The number of ether oxygens (including phenoxy) is 1. The second-order valence-electron chi connectivity index (χ2n) is 8.15. The summed E-state index contributed by atoms with van der Waals surface area (Å²) >= 11 is 0. The van der Waals surface area contributed by atoms with Crippen molar-refractivity contribution >= 4 is 16.7 Å². The largest absolute Gasteiger partial charge is 0.484 e. The first-order valence-corrected chi connectivity index (χ1v) is 10.7. The molecular weight excluding hydrogens is 376 g/mol. The summed E-state index contributed by atoms with van der Waals surface area (Å²) in [5.74, 6) is 2.35. The van der Waals surface area contributed by atoms with Gasteiger partial charge in [-0.05, 0) is 22.9 Å². The Kier molecular flexibility index (Phi) is 6.33. The Labute approximate surface area is 178 Å². The van der Waals surface area contributed by atoms with Crippen LogP contribution in [0.4, 0.5) is 0 Å². The third-order valence-electron chi connectivity index (χ3n) is 5.73. The molecule has 0 saturated carbocycles. The zero-order chi connectivity index (χ0) is 20.9. The summed E-state index contributed by atoms with van der Waals surface area (Å²) < 4.78 is 8.01. The summed E-state index contributed by atoms with van der Waals surface area (Å²) in [6, 6.07) is 14.1. The Bertz CT molecular complexity index is 990. The van der Waals surface area contributed by atoms with E-state index in [1.807, 2.05) is 41.4 Å². The smallest absolute Gasteiger partial charge is 0.260 e. The molecule has 4 rings (SSSR count). The van der Waals surface area contributed by atoms with Gasteiger partial charge in [0, 0.05) is 57.6 Å². The molecule has 0 atom stereocenters. The van der Waals surface area contributed by atoms with Crippen molar-refractivity contribution in [3.8, 4) is 5.75 Å². The maximum absolute atomic E-state index is 12.6. The van der Waals surface area contributed by atoms with E-state index in [-0.39, 0.29) is 12.5 Å². The number of hydrogen-bond acceptors (Lipinski definition) is 4. The van der Waals surface area contributed by atoms with Crippen molar-refractivity contribution in [3.63, 3.8) is 0 Å². The van der Waals surface area contributed by atoms with Crippen LogP contribution >= 0.6 is 0 Å². The van der Waals surface area contributed by atoms with Crippen LogP contribution < -0.4 is 4.74 Å². The molecule has 1 aliphatic heterocycles. The SMILES string of the molecule is CC(C)c1nccn1CCN1CCN(C(=O)COc2ccc3ccccc3c2)CC1. The summed E-state index contributed by atoms with van der Waals surface area (Å²) in [6.07, 6.45) is 3.93. The normalized spacial score (nSPS) is 15.1. The average molecular weight is 407 g/mol. The quantitative estimate of drug-likeness (QED) is 0.604. The highest BCUT2D eigenvalue weighted by atomic mass is 16.5. The van der Waals surface area contributed by atoms with Crippen molar-refractivity contribution in [1.82, 2.24) is 19.4 Å². The molecule has 2 aromatic carbocycles. The van der Waals surface area contributed by atoms with Crippen LogP contribution in [0.25, 0.3) is 10.8 Å². The molecule has 0 radical (unpaired) electrons. The first-order valence-electron chi connectivity index (χ1n) is 10.7. The summed E-state index contributed by atoms with van der Waals surface area (Å²) in [7, 11) is 0. The average Bonchev–Trinajstić information content (AvgIpc) is 3.25. The number of carbonyl (C=O) groups excluding carboxylic acids is 1. The minimum absolute atomic E-state index is 0.0551. The fourth-order valence-electron chi connectivity index (χ4n) is 3.97. The number of benzene rings is 2. The first-order chi connectivity index (χ1) is 14.6. The molecule has 0 unspecified atom stereocenters. The van der Waals surface area contributed by atoms with Crippen molar-refractivity contribution in [2.24, 2.45) is 0 Å². The number of carbonyl (C=O) groups is 1. The van der Waals surface area contributed by atoms with E-state index >= 15 is 0 Å². The van der Waals surface area contributed by atoms with Crippen LogP contribution in [-0.4, -0.2) is 64.6 Å². The Morgan fingerprint density at radius 2 is 1.80 bits per heavy atom. The van der Waals surface area contributed by atoms with Crippen LogP contribution in [0.1, 0.15) is 25.6 Å². The van der Waals surface area contributed by atoms with Gasteiger partial charge < -0.3 is 14.2 Å². The molecule has 1 saturated heterocycles. The molecule has 1 fully saturated rings. The molecule has 3 aromatic rings. The van der Waals surface area contributed by atoms with Crippen molar-refractivity contribution < 1.29 is 9.53 Å². The zero-order valence-electron chi connectivity index (χ0n) is 17.8. The van der Waals surface area contributed by atoms with Gasteiger partial charge in [-0.25, -0.2) is 4.98 Å². The molecule has 30 heavy (non-hydrogen) atoms. The lowest BCUT2D eigenvalue weighted by Crippen LogP contribution is -2.50. The van der Waals surface area contributed by atoms with Crippen LogP contribution in [0.15, 0.2) is 54.9 Å². The van der Waals surface area contributed by atoms with Crippen LogP contribution in [-0.2, 0) is 11.3 Å². The third-order valence-corrected chi connectivity index (χ3v) is 5.73. The van der Waals surface area contributed by atoms with E-state index < -0.39 is 0 Å². The van der Waals surface area contributed by atoms with E-state index in [1.165, 1.54) is 5.39 Å². The molecule has 0 bridgehead atoms. The zero-order valence-corrected chi connectivity index (χ0v) is 17.8. The highest BCUT2D eigenvalue weighted by Crippen LogP contribution is 2.20. The number of imidazole rings is 1. The molecular formula is C24H30N4O2. The lowest BCUT2D eigenvalue weighted by Gasteiger charge is -2.34. The fourth-order valence-corrected chi connectivity index (χ4v) is 3.97. The molecule has 1 aromatic heterocycles. The van der Waals surface area contributed by atoms with E-state index in [0.29, 0.717) is 5.92 Å². The number of aromatic nitrogens is 2. The van der Waals surface area contributed by atoms with Crippen LogP contribution in [0.2, 0.25) is 0 Å². The van der Waals surface area contributed by atoms with Gasteiger partial charge in [0.2, 0.25) is 0 Å². The Morgan fingerprint density at radius 1 is 1.03 bits per heavy atom. The molecule has 0 aliphatic carbocycles. The van der Waals surface area contributed by atoms with E-state index in [9.17, 15) is 4.79 Å². The molecule has 2 heterocycles. The van der Waals surface area contributed by atoms with Gasteiger partial charge in [0.15, 0.2) is 6.61 Å². The van der Waals surface area contributed by atoms with Gasteiger partial charge in [0.25, 0.3) is 5.91 Å². The summed E-state index contributed by atoms with van der Waals surface area (Å²) in [5.41, 5.74) is 0. The Morgan fingerprint density at radius 3 is 2.57 bits per heavy atom. The molecule has 1 amide bonds. The van der Waals surface area contributed by atoms with Gasteiger partial charge in [-0.15, -0.1) is 0 Å². The number of piperazine rings is 1. The van der Waals surface area contributed by atoms with Crippen molar-refractivity contribution in [2.45, 2.75) is 26.3 Å².